The van der Waals surface area contributed by atoms with Crippen LogP contribution < -0.4 is 16.0 Å². The summed E-state index contributed by atoms with van der Waals surface area (Å²) in [5, 5.41) is 18.5. The van der Waals surface area contributed by atoms with Crippen LogP contribution in [0.15, 0.2) is 48.5 Å². The molecule has 43 heavy (non-hydrogen) atoms. The number of carbonyl (C=O) groups is 1. The number of anilines is 4. The van der Waals surface area contributed by atoms with E-state index in [0.717, 1.165) is 22.5 Å². The van der Waals surface area contributed by atoms with Gasteiger partial charge in [-0.25, -0.2) is 19.9 Å². The highest BCUT2D eigenvalue weighted by molar-refractivity contribution is 7.96. The number of carbonyl (C=O) groups excluding carboxylic acids is 1. The fourth-order valence-electron chi connectivity index (χ4n) is 3.80. The summed E-state index contributed by atoms with van der Waals surface area (Å²) in [5.74, 6) is 2.06. The van der Waals surface area contributed by atoms with Gasteiger partial charge in [-0.15, -0.1) is 12.6 Å². The molecule has 2 heterocycles. The second kappa shape index (κ2) is 16.5. The Labute approximate surface area is 272 Å². The maximum atomic E-state index is 11.0. The lowest BCUT2D eigenvalue weighted by molar-refractivity contribution is -0.110. The van der Waals surface area contributed by atoms with E-state index in [2.05, 4.69) is 68.4 Å². The van der Waals surface area contributed by atoms with Crippen LogP contribution in [0.5, 0.6) is 0 Å². The molecule has 0 saturated carbocycles. The first-order valence-corrected chi connectivity index (χ1v) is 14.9. The summed E-state index contributed by atoms with van der Waals surface area (Å²) in [7, 11) is 0. The van der Waals surface area contributed by atoms with Crippen LogP contribution >= 0.6 is 48.0 Å². The van der Waals surface area contributed by atoms with Crippen LogP contribution in [0, 0.1) is 27.7 Å². The highest BCUT2D eigenvalue weighted by Gasteiger charge is 2.10. The van der Waals surface area contributed by atoms with E-state index in [1.54, 1.807) is 12.1 Å². The number of hydrogen-bond donors (Lipinski definition) is 5. The number of aryl methyl sites for hydroxylation is 2. The molecule has 4 aromatic rings. The summed E-state index contributed by atoms with van der Waals surface area (Å²) < 4.78 is 0. The first-order valence-electron chi connectivity index (χ1n) is 13.3. The molecule has 0 spiro atoms. The van der Waals surface area contributed by atoms with Crippen molar-refractivity contribution < 1.29 is 9.90 Å². The van der Waals surface area contributed by atoms with Crippen molar-refractivity contribution in [3.63, 3.8) is 0 Å². The first-order chi connectivity index (χ1) is 20.4. The number of nitrogens with zero attached hydrogens (tertiary/aromatic N) is 4. The molecule has 0 fully saturated rings. The Bertz CT molecular complexity index is 1610. The second-order valence-electron chi connectivity index (χ2n) is 9.55. The summed E-state index contributed by atoms with van der Waals surface area (Å²) in [6.07, 6.45) is 0.419. The average molecular weight is 659 g/mol. The normalized spacial score (nSPS) is 10.4. The van der Waals surface area contributed by atoms with Gasteiger partial charge in [0.1, 0.15) is 33.6 Å². The molecule has 4 rings (SSSR count). The lowest BCUT2D eigenvalue weighted by Gasteiger charge is -2.12. The van der Waals surface area contributed by atoms with Crippen molar-refractivity contribution in [2.75, 3.05) is 23.8 Å². The van der Waals surface area contributed by atoms with Crippen molar-refractivity contribution in [3.8, 4) is 0 Å². The number of hydrogen-bond acceptors (Lipinski definition) is 9. The minimum Gasteiger partial charge on any atom is -0.395 e. The van der Waals surface area contributed by atoms with Crippen molar-refractivity contribution in [2.45, 2.75) is 40.5 Å². The Morgan fingerprint density at radius 3 is 1.72 bits per heavy atom. The van der Waals surface area contributed by atoms with E-state index in [1.165, 1.54) is 11.1 Å². The standard InChI is InChI=1S/C16H19ClN4OS.C14H14ClN3OS/c1-10-4-3-5-12(11(10)2)19-14-8-13(17)20-15(21-14)9-16(23)18-6-7-22;1-8-4-3-5-10(9(8)2)16-12-6-11(15)17-13(18-12)7-14(19)20/h3-5,8,22H,6-7,9H2,1-2H3,(H,18,23)(H,19,20,21);3-6H,7H2,1-2H3,(H,19,20)(H,16,17,18). The zero-order chi connectivity index (χ0) is 31.5. The molecule has 0 radical (unpaired) electrons. The van der Waals surface area contributed by atoms with Gasteiger partial charge in [0.25, 0.3) is 0 Å². The first kappa shape index (κ1) is 34.1. The maximum absolute atomic E-state index is 11.0. The maximum Gasteiger partial charge on any atom is 0.193 e. The summed E-state index contributed by atoms with van der Waals surface area (Å²) in [6.45, 7) is 8.61. The summed E-state index contributed by atoms with van der Waals surface area (Å²) >= 11 is 20.9. The molecule has 13 heteroatoms. The Morgan fingerprint density at radius 2 is 1.28 bits per heavy atom. The number of thiocarbonyl (C=S) groups is 1. The van der Waals surface area contributed by atoms with Crippen LogP contribution in [0.3, 0.4) is 0 Å². The fraction of sp³-hybridized carbons (Fsp3) is 0.267. The van der Waals surface area contributed by atoms with Gasteiger partial charge in [0.05, 0.1) is 24.4 Å². The van der Waals surface area contributed by atoms with Crippen LogP contribution in [-0.4, -0.2) is 48.3 Å². The van der Waals surface area contributed by atoms with Gasteiger partial charge < -0.3 is 21.1 Å². The van der Waals surface area contributed by atoms with E-state index < -0.39 is 0 Å². The van der Waals surface area contributed by atoms with E-state index >= 15 is 0 Å². The molecule has 0 atom stereocenters. The van der Waals surface area contributed by atoms with Gasteiger partial charge in [0.2, 0.25) is 0 Å². The zero-order valence-corrected chi connectivity index (χ0v) is 27.4. The molecule has 2 aromatic carbocycles. The number of rotatable bonds is 10. The quantitative estimate of drug-likeness (QED) is 0.0740. The number of aliphatic hydroxyl groups excluding tert-OH is 1. The Balaban J connectivity index is 0.000000238. The second-order valence-corrected chi connectivity index (χ2v) is 11.3. The number of aliphatic hydroxyl groups is 1. The highest BCUT2D eigenvalue weighted by atomic mass is 35.5. The molecule has 2 aromatic heterocycles. The lowest BCUT2D eigenvalue weighted by atomic mass is 10.1. The third-order valence-corrected chi connectivity index (χ3v) is 7.11. The van der Waals surface area contributed by atoms with E-state index in [0.29, 0.717) is 46.4 Å². The Hall–Kier alpha value is -3.35. The molecule has 0 aliphatic rings. The molecular weight excluding hydrogens is 625 g/mol. The minimum absolute atomic E-state index is 0.0238. The van der Waals surface area contributed by atoms with Gasteiger partial charge in [-0.2, -0.15) is 0 Å². The van der Waals surface area contributed by atoms with Crippen LogP contribution in [0.25, 0.3) is 0 Å². The topological polar surface area (TPSA) is 125 Å². The summed E-state index contributed by atoms with van der Waals surface area (Å²) in [4.78, 5) is 28.5. The molecular formula is C30H33Cl2N7O2S2. The van der Waals surface area contributed by atoms with Crippen LogP contribution in [0.1, 0.15) is 33.9 Å². The molecule has 226 valence electrons. The average Bonchev–Trinajstić information content (AvgIpc) is 2.92. The van der Waals surface area contributed by atoms with E-state index in [9.17, 15) is 4.79 Å². The largest absolute Gasteiger partial charge is 0.395 e. The van der Waals surface area contributed by atoms with Crippen LogP contribution in [0.2, 0.25) is 10.3 Å². The third kappa shape index (κ3) is 11.0. The Morgan fingerprint density at radius 1 is 0.814 bits per heavy atom. The van der Waals surface area contributed by atoms with Gasteiger partial charge in [0.15, 0.2) is 5.12 Å². The van der Waals surface area contributed by atoms with E-state index in [-0.39, 0.29) is 23.3 Å². The smallest absolute Gasteiger partial charge is 0.193 e. The highest BCUT2D eigenvalue weighted by Crippen LogP contribution is 2.24. The number of halogens is 2. The van der Waals surface area contributed by atoms with Crippen LogP contribution in [-0.2, 0) is 17.6 Å². The lowest BCUT2D eigenvalue weighted by Crippen LogP contribution is -2.27. The van der Waals surface area contributed by atoms with Gasteiger partial charge in [0, 0.05) is 30.1 Å². The predicted octanol–water partition coefficient (Wildman–Crippen LogP) is 6.43. The number of nitrogens with one attached hydrogen (secondary N) is 3. The molecule has 4 N–H and O–H groups in total. The fourth-order valence-corrected chi connectivity index (χ4v) is 4.58. The predicted molar refractivity (Wildman–Crippen MR) is 182 cm³/mol. The van der Waals surface area contributed by atoms with Gasteiger partial charge in [-0.3, -0.25) is 4.79 Å². The molecule has 0 amide bonds. The molecule has 0 bridgehead atoms. The molecule has 0 unspecified atom stereocenters. The number of aromatic nitrogens is 4. The SMILES string of the molecule is Cc1cccc(Nc2cc(Cl)nc(CC(=O)S)n2)c1C.Cc1cccc(Nc2cc(Cl)nc(CC(=S)NCCO)n2)c1C. The van der Waals surface area contributed by atoms with Gasteiger partial charge in [-0.05, 0) is 62.1 Å². The molecule has 9 nitrogen and oxygen atoms in total. The van der Waals surface area contributed by atoms with Crippen LogP contribution in [0.4, 0.5) is 23.0 Å². The zero-order valence-electron chi connectivity index (χ0n) is 24.2. The Kier molecular flexibility index (Phi) is 13.1. The van der Waals surface area contributed by atoms with Crippen molar-refractivity contribution in [2.24, 2.45) is 0 Å². The third-order valence-electron chi connectivity index (χ3n) is 6.28. The molecule has 0 aliphatic carbocycles. The van der Waals surface area contributed by atoms with Gasteiger partial charge in [-0.1, -0.05) is 59.7 Å². The molecule has 0 saturated heterocycles. The van der Waals surface area contributed by atoms with Crippen molar-refractivity contribution in [3.05, 3.63) is 92.7 Å². The minimum atomic E-state index is -0.301. The van der Waals surface area contributed by atoms with E-state index in [4.69, 9.17) is 40.5 Å². The number of benzene rings is 2. The van der Waals surface area contributed by atoms with Gasteiger partial charge >= 0.3 is 0 Å². The van der Waals surface area contributed by atoms with Crippen molar-refractivity contribution >= 4 is 81.2 Å². The van der Waals surface area contributed by atoms with Crippen molar-refractivity contribution in [1.29, 1.82) is 0 Å². The summed E-state index contributed by atoms with van der Waals surface area (Å²) in [5.41, 5.74) is 6.60. The summed E-state index contributed by atoms with van der Waals surface area (Å²) in [6, 6.07) is 15.3. The number of thiol groups is 1. The van der Waals surface area contributed by atoms with E-state index in [1.807, 2.05) is 44.2 Å². The van der Waals surface area contributed by atoms with Crippen molar-refractivity contribution in [1.82, 2.24) is 25.3 Å². The monoisotopic (exact) mass is 657 g/mol. The molecule has 0 aliphatic heterocycles.